The summed E-state index contributed by atoms with van der Waals surface area (Å²) < 4.78 is 0. The predicted octanol–water partition coefficient (Wildman–Crippen LogP) is 4.89. The van der Waals surface area contributed by atoms with E-state index in [4.69, 9.17) is 11.6 Å². The highest BCUT2D eigenvalue weighted by molar-refractivity contribution is 6.30. The van der Waals surface area contributed by atoms with Gasteiger partial charge in [0.1, 0.15) is 0 Å². The first-order chi connectivity index (χ1) is 16.0. The first-order valence-corrected chi connectivity index (χ1v) is 12.1. The van der Waals surface area contributed by atoms with Crippen molar-refractivity contribution in [3.63, 3.8) is 0 Å². The van der Waals surface area contributed by atoms with Crippen LogP contribution in [-0.4, -0.2) is 41.8 Å². The van der Waals surface area contributed by atoms with Crippen molar-refractivity contribution in [3.8, 4) is 0 Å². The van der Waals surface area contributed by atoms with E-state index in [-0.39, 0.29) is 29.7 Å². The van der Waals surface area contributed by atoms with E-state index in [2.05, 4.69) is 10.6 Å². The fourth-order valence-electron chi connectivity index (χ4n) is 4.62. The lowest BCUT2D eigenvalue weighted by atomic mass is 9.92. The second-order valence-corrected chi connectivity index (χ2v) is 9.41. The number of carbonyl (C=O) groups excluding carboxylic acids is 3. The SMILES string of the molecule is O=C(Nc1ccc(C(=O)N2CCCC(C(=O)NC3CCCCC3)C2)cc1)c1ccc(Cl)cc1. The van der Waals surface area contributed by atoms with Crippen LogP contribution in [0.25, 0.3) is 0 Å². The molecule has 174 valence electrons. The maximum Gasteiger partial charge on any atom is 0.255 e. The third kappa shape index (κ3) is 6.14. The summed E-state index contributed by atoms with van der Waals surface area (Å²) in [5, 5.41) is 6.60. The second-order valence-electron chi connectivity index (χ2n) is 8.97. The third-order valence-corrected chi connectivity index (χ3v) is 6.78. The number of hydrogen-bond acceptors (Lipinski definition) is 3. The van der Waals surface area contributed by atoms with Crippen molar-refractivity contribution < 1.29 is 14.4 Å². The van der Waals surface area contributed by atoms with Crippen molar-refractivity contribution in [1.29, 1.82) is 0 Å². The molecule has 3 amide bonds. The molecule has 33 heavy (non-hydrogen) atoms. The fraction of sp³-hybridized carbons (Fsp3) is 0.423. The van der Waals surface area contributed by atoms with Gasteiger partial charge in [-0.1, -0.05) is 30.9 Å². The number of amides is 3. The summed E-state index contributed by atoms with van der Waals surface area (Å²) in [5.41, 5.74) is 1.66. The quantitative estimate of drug-likeness (QED) is 0.656. The lowest BCUT2D eigenvalue weighted by Crippen LogP contribution is -2.47. The molecule has 0 bridgehead atoms. The summed E-state index contributed by atoms with van der Waals surface area (Å²) in [6.45, 7) is 1.10. The van der Waals surface area contributed by atoms with Crippen molar-refractivity contribution in [3.05, 3.63) is 64.7 Å². The minimum Gasteiger partial charge on any atom is -0.353 e. The molecule has 4 rings (SSSR count). The summed E-state index contributed by atoms with van der Waals surface area (Å²) in [4.78, 5) is 39.9. The minimum absolute atomic E-state index is 0.0826. The smallest absolute Gasteiger partial charge is 0.255 e. The number of anilines is 1. The summed E-state index contributed by atoms with van der Waals surface area (Å²) >= 11 is 5.87. The Morgan fingerprint density at radius 3 is 2.18 bits per heavy atom. The van der Waals surface area contributed by atoms with Gasteiger partial charge in [-0.15, -0.1) is 0 Å². The Hall–Kier alpha value is -2.86. The number of piperidine rings is 1. The number of rotatable bonds is 5. The Morgan fingerprint density at radius 1 is 0.818 bits per heavy atom. The molecule has 7 heteroatoms. The number of likely N-dealkylation sites (tertiary alicyclic amines) is 1. The summed E-state index contributed by atoms with van der Waals surface area (Å²) in [7, 11) is 0. The van der Waals surface area contributed by atoms with Crippen LogP contribution < -0.4 is 10.6 Å². The number of carbonyl (C=O) groups is 3. The number of benzene rings is 2. The topological polar surface area (TPSA) is 78.5 Å². The molecule has 2 aromatic rings. The zero-order valence-corrected chi connectivity index (χ0v) is 19.4. The molecular weight excluding hydrogens is 438 g/mol. The van der Waals surface area contributed by atoms with E-state index in [1.807, 2.05) is 0 Å². The lowest BCUT2D eigenvalue weighted by Gasteiger charge is -2.33. The first kappa shape index (κ1) is 23.3. The van der Waals surface area contributed by atoms with Crippen molar-refractivity contribution >= 4 is 35.0 Å². The Labute approximate surface area is 199 Å². The maximum absolute atomic E-state index is 13.0. The number of hydrogen-bond donors (Lipinski definition) is 2. The van der Waals surface area contributed by atoms with Gasteiger partial charge in [0.2, 0.25) is 5.91 Å². The molecule has 1 atom stereocenters. The van der Waals surface area contributed by atoms with Gasteiger partial charge in [0, 0.05) is 41.0 Å². The minimum atomic E-state index is -0.242. The van der Waals surface area contributed by atoms with Crippen molar-refractivity contribution in [2.75, 3.05) is 18.4 Å². The van der Waals surface area contributed by atoms with E-state index in [0.29, 0.717) is 34.9 Å². The van der Waals surface area contributed by atoms with E-state index in [1.165, 1.54) is 19.3 Å². The standard InChI is InChI=1S/C26H30ClN3O3/c27-21-12-8-18(9-13-21)24(31)29-23-14-10-19(11-15-23)26(33)30-16-4-5-20(17-30)25(32)28-22-6-2-1-3-7-22/h8-15,20,22H,1-7,16-17H2,(H,28,32)(H,29,31). The first-order valence-electron chi connectivity index (χ1n) is 11.8. The van der Waals surface area contributed by atoms with E-state index >= 15 is 0 Å². The van der Waals surface area contributed by atoms with Crippen LogP contribution in [-0.2, 0) is 4.79 Å². The van der Waals surface area contributed by atoms with E-state index in [1.54, 1.807) is 53.4 Å². The third-order valence-electron chi connectivity index (χ3n) is 6.53. The van der Waals surface area contributed by atoms with Crippen LogP contribution >= 0.6 is 11.6 Å². The van der Waals surface area contributed by atoms with Crippen molar-refractivity contribution in [2.45, 2.75) is 51.0 Å². The lowest BCUT2D eigenvalue weighted by molar-refractivity contribution is -0.127. The van der Waals surface area contributed by atoms with Gasteiger partial charge in [-0.05, 0) is 74.2 Å². The van der Waals surface area contributed by atoms with Crippen molar-refractivity contribution in [1.82, 2.24) is 10.2 Å². The molecule has 2 N–H and O–H groups in total. The normalized spacial score (nSPS) is 19.1. The maximum atomic E-state index is 13.0. The Bertz CT molecular complexity index is 985. The average Bonchev–Trinajstić information content (AvgIpc) is 2.85. The van der Waals surface area contributed by atoms with Gasteiger partial charge in [-0.3, -0.25) is 14.4 Å². The van der Waals surface area contributed by atoms with Crippen LogP contribution in [0.3, 0.4) is 0 Å². The molecule has 0 aromatic heterocycles. The van der Waals surface area contributed by atoms with Gasteiger partial charge < -0.3 is 15.5 Å². The largest absolute Gasteiger partial charge is 0.353 e. The second kappa shape index (κ2) is 10.8. The Morgan fingerprint density at radius 2 is 1.48 bits per heavy atom. The Balaban J connectivity index is 1.32. The van der Waals surface area contributed by atoms with Crippen LogP contribution in [0.15, 0.2) is 48.5 Å². The van der Waals surface area contributed by atoms with Crippen LogP contribution in [0.5, 0.6) is 0 Å². The molecule has 2 fully saturated rings. The van der Waals surface area contributed by atoms with Crippen LogP contribution in [0, 0.1) is 5.92 Å². The Kier molecular flexibility index (Phi) is 7.65. The highest BCUT2D eigenvalue weighted by Crippen LogP contribution is 2.22. The highest BCUT2D eigenvalue weighted by Gasteiger charge is 2.30. The molecular formula is C26H30ClN3O3. The molecule has 6 nitrogen and oxygen atoms in total. The molecule has 0 radical (unpaired) electrons. The van der Waals surface area contributed by atoms with Gasteiger partial charge in [0.25, 0.3) is 11.8 Å². The molecule has 2 aliphatic rings. The molecule has 1 saturated heterocycles. The molecule has 0 spiro atoms. The van der Waals surface area contributed by atoms with Crippen molar-refractivity contribution in [2.24, 2.45) is 5.92 Å². The van der Waals surface area contributed by atoms with Gasteiger partial charge in [0.05, 0.1) is 5.92 Å². The molecule has 2 aromatic carbocycles. The van der Waals surface area contributed by atoms with Gasteiger partial charge >= 0.3 is 0 Å². The van der Waals surface area contributed by atoms with E-state index in [0.717, 1.165) is 25.7 Å². The van der Waals surface area contributed by atoms with Gasteiger partial charge in [-0.25, -0.2) is 0 Å². The average molecular weight is 468 g/mol. The van der Waals surface area contributed by atoms with E-state index in [9.17, 15) is 14.4 Å². The molecule has 1 aliphatic heterocycles. The summed E-state index contributed by atoms with van der Waals surface area (Å²) in [6, 6.07) is 13.8. The van der Waals surface area contributed by atoms with E-state index < -0.39 is 0 Å². The van der Waals surface area contributed by atoms with Gasteiger partial charge in [0.15, 0.2) is 0 Å². The highest BCUT2D eigenvalue weighted by atomic mass is 35.5. The predicted molar refractivity (Wildman–Crippen MR) is 129 cm³/mol. The number of halogens is 1. The van der Waals surface area contributed by atoms with Crippen LogP contribution in [0.1, 0.15) is 65.7 Å². The summed E-state index contributed by atoms with van der Waals surface area (Å²) in [6.07, 6.45) is 7.36. The summed E-state index contributed by atoms with van der Waals surface area (Å²) in [5.74, 6) is -0.392. The molecule has 1 saturated carbocycles. The fourth-order valence-corrected chi connectivity index (χ4v) is 4.75. The molecule has 1 unspecified atom stereocenters. The number of nitrogens with zero attached hydrogens (tertiary/aromatic N) is 1. The monoisotopic (exact) mass is 467 g/mol. The van der Waals surface area contributed by atoms with Gasteiger partial charge in [-0.2, -0.15) is 0 Å². The van der Waals surface area contributed by atoms with Crippen LogP contribution in [0.2, 0.25) is 5.02 Å². The molecule has 1 heterocycles. The zero-order valence-electron chi connectivity index (χ0n) is 18.7. The van der Waals surface area contributed by atoms with Crippen LogP contribution in [0.4, 0.5) is 5.69 Å². The zero-order chi connectivity index (χ0) is 23.2. The molecule has 1 aliphatic carbocycles. The number of nitrogens with one attached hydrogen (secondary N) is 2.